The Bertz CT molecular complexity index is 1040. The van der Waals surface area contributed by atoms with Gasteiger partial charge in [-0.05, 0) is 43.7 Å². The number of nitrogens with zero attached hydrogens (tertiary/aromatic N) is 2. The summed E-state index contributed by atoms with van der Waals surface area (Å²) in [6, 6.07) is 9.37. The quantitative estimate of drug-likeness (QED) is 0.575. The van der Waals surface area contributed by atoms with E-state index in [1.165, 1.54) is 12.7 Å². The lowest BCUT2D eigenvalue weighted by Crippen LogP contribution is -2.37. The van der Waals surface area contributed by atoms with Crippen molar-refractivity contribution < 1.29 is 14.4 Å². The second-order valence-corrected chi connectivity index (χ2v) is 7.09. The average Bonchev–Trinajstić information content (AvgIpc) is 3.02. The van der Waals surface area contributed by atoms with Gasteiger partial charge < -0.3 is 19.9 Å². The molecule has 3 N–H and O–H groups in total. The van der Waals surface area contributed by atoms with Gasteiger partial charge in [-0.25, -0.2) is 4.98 Å². The van der Waals surface area contributed by atoms with Crippen LogP contribution in [0.1, 0.15) is 21.7 Å². The van der Waals surface area contributed by atoms with Crippen molar-refractivity contribution in [2.24, 2.45) is 0 Å². The molecule has 0 saturated carbocycles. The molecular weight excluding hydrogens is 370 g/mol. The Kier molecular flexibility index (Phi) is 5.37. The molecule has 8 heteroatoms. The van der Waals surface area contributed by atoms with Crippen LogP contribution in [-0.4, -0.2) is 49.3 Å². The van der Waals surface area contributed by atoms with Gasteiger partial charge >= 0.3 is 0 Å². The zero-order chi connectivity index (χ0) is 20.4. The largest absolute Gasteiger partial charge is 0.378 e. The Morgan fingerprint density at radius 2 is 1.97 bits per heavy atom. The number of carbonyl (C=O) groups excluding carboxylic acids is 1. The fourth-order valence-corrected chi connectivity index (χ4v) is 3.50. The first-order valence-electron chi connectivity index (χ1n) is 9.59. The van der Waals surface area contributed by atoms with E-state index in [1.54, 1.807) is 6.07 Å². The first-order chi connectivity index (χ1) is 14.0. The summed E-state index contributed by atoms with van der Waals surface area (Å²) >= 11 is 0. The van der Waals surface area contributed by atoms with Gasteiger partial charge in [0.25, 0.3) is 5.91 Å². The monoisotopic (exact) mass is 395 g/mol. The van der Waals surface area contributed by atoms with Crippen molar-refractivity contribution in [1.29, 1.82) is 0 Å². The van der Waals surface area contributed by atoms with Crippen molar-refractivity contribution in [3.63, 3.8) is 0 Å². The van der Waals surface area contributed by atoms with Gasteiger partial charge in [0.2, 0.25) is 0 Å². The van der Waals surface area contributed by atoms with Gasteiger partial charge in [-0.3, -0.25) is 15.1 Å². The maximum Gasteiger partial charge on any atom is 0.274 e. The van der Waals surface area contributed by atoms with Gasteiger partial charge in [-0.1, -0.05) is 0 Å². The van der Waals surface area contributed by atoms with E-state index in [2.05, 4.69) is 32.6 Å². The van der Waals surface area contributed by atoms with Crippen LogP contribution in [-0.2, 0) is 9.57 Å². The molecule has 0 aliphatic carbocycles. The number of benzene rings is 1. The predicted molar refractivity (Wildman–Crippen MR) is 114 cm³/mol. The van der Waals surface area contributed by atoms with Crippen LogP contribution in [0.25, 0.3) is 10.9 Å². The number of aryl methyl sites for hydroxylation is 2. The summed E-state index contributed by atoms with van der Waals surface area (Å²) in [4.78, 5) is 28.0. The summed E-state index contributed by atoms with van der Waals surface area (Å²) < 4.78 is 5.41. The van der Waals surface area contributed by atoms with Crippen LogP contribution >= 0.6 is 0 Å². The zero-order valence-electron chi connectivity index (χ0n) is 16.8. The number of carbonyl (C=O) groups is 1. The van der Waals surface area contributed by atoms with Gasteiger partial charge in [-0.2, -0.15) is 0 Å². The third-order valence-electron chi connectivity index (χ3n) is 5.17. The smallest absolute Gasteiger partial charge is 0.274 e. The second-order valence-electron chi connectivity index (χ2n) is 7.09. The van der Waals surface area contributed by atoms with Gasteiger partial charge in [0.15, 0.2) is 0 Å². The van der Waals surface area contributed by atoms with Crippen molar-refractivity contribution in [3.8, 4) is 0 Å². The van der Waals surface area contributed by atoms with E-state index in [0.29, 0.717) is 30.4 Å². The normalized spacial score (nSPS) is 14.2. The number of amides is 1. The van der Waals surface area contributed by atoms with E-state index >= 15 is 0 Å². The zero-order valence-corrected chi connectivity index (χ0v) is 16.8. The molecule has 29 heavy (non-hydrogen) atoms. The summed E-state index contributed by atoms with van der Waals surface area (Å²) in [5.41, 5.74) is 7.86. The number of morpholine rings is 1. The number of aromatic nitrogens is 2. The van der Waals surface area contributed by atoms with E-state index in [4.69, 9.17) is 9.57 Å². The van der Waals surface area contributed by atoms with E-state index < -0.39 is 0 Å². The Balaban J connectivity index is 1.61. The molecule has 0 unspecified atom stereocenters. The number of hydrogen-bond donors (Lipinski definition) is 3. The standard InChI is InChI=1S/C21H25N5O3/c1-13-14(2)22-18-5-4-15(10-17(13)18)23-21(27)19-11-16(25-28-3)12-20(24-19)26-6-8-29-9-7-26/h4-5,10-12,22H,6-9H2,1-3H3,(H,23,27)(H,24,25). The van der Waals surface area contributed by atoms with Crippen LogP contribution in [0.2, 0.25) is 0 Å². The molecule has 1 amide bonds. The minimum atomic E-state index is -0.275. The summed E-state index contributed by atoms with van der Waals surface area (Å²) in [6.07, 6.45) is 0. The lowest BCUT2D eigenvalue weighted by molar-refractivity contribution is 0.102. The van der Waals surface area contributed by atoms with Crippen LogP contribution in [0.4, 0.5) is 17.2 Å². The minimum Gasteiger partial charge on any atom is -0.378 e. The summed E-state index contributed by atoms with van der Waals surface area (Å²) in [5, 5.41) is 4.05. The highest BCUT2D eigenvalue weighted by atomic mass is 16.6. The fraction of sp³-hybridized carbons (Fsp3) is 0.333. The molecule has 1 fully saturated rings. The van der Waals surface area contributed by atoms with Crippen LogP contribution in [0, 0.1) is 13.8 Å². The number of anilines is 3. The summed E-state index contributed by atoms with van der Waals surface area (Å²) in [7, 11) is 1.53. The Hall–Kier alpha value is -3.10. The van der Waals surface area contributed by atoms with Gasteiger partial charge in [-0.15, -0.1) is 0 Å². The fourth-order valence-electron chi connectivity index (χ4n) is 3.50. The second kappa shape index (κ2) is 8.10. The molecule has 1 aromatic carbocycles. The average molecular weight is 395 g/mol. The van der Waals surface area contributed by atoms with E-state index in [0.717, 1.165) is 35.4 Å². The van der Waals surface area contributed by atoms with Crippen molar-refractivity contribution in [1.82, 2.24) is 9.97 Å². The van der Waals surface area contributed by atoms with E-state index in [-0.39, 0.29) is 5.91 Å². The number of aromatic amines is 1. The first kappa shape index (κ1) is 19.2. The number of ether oxygens (including phenoxy) is 1. The minimum absolute atomic E-state index is 0.275. The lowest BCUT2D eigenvalue weighted by atomic mass is 10.1. The van der Waals surface area contributed by atoms with Crippen molar-refractivity contribution in [3.05, 3.63) is 47.3 Å². The van der Waals surface area contributed by atoms with Crippen LogP contribution in [0.15, 0.2) is 30.3 Å². The maximum absolute atomic E-state index is 12.9. The lowest BCUT2D eigenvalue weighted by Gasteiger charge is -2.28. The summed E-state index contributed by atoms with van der Waals surface area (Å²) in [6.45, 7) is 6.84. The number of nitrogens with one attached hydrogen (secondary N) is 3. The van der Waals surface area contributed by atoms with Crippen LogP contribution in [0.5, 0.6) is 0 Å². The molecule has 0 radical (unpaired) electrons. The van der Waals surface area contributed by atoms with Gasteiger partial charge in [0.1, 0.15) is 11.5 Å². The maximum atomic E-state index is 12.9. The molecule has 1 saturated heterocycles. The van der Waals surface area contributed by atoms with Crippen LogP contribution in [0.3, 0.4) is 0 Å². The van der Waals surface area contributed by atoms with Gasteiger partial charge in [0.05, 0.1) is 26.0 Å². The predicted octanol–water partition coefficient (Wildman–Crippen LogP) is 3.24. The molecule has 152 valence electrons. The number of H-pyrrole nitrogens is 1. The third kappa shape index (κ3) is 4.03. The molecule has 1 aliphatic rings. The molecule has 0 bridgehead atoms. The molecule has 3 heterocycles. The molecular formula is C21H25N5O3. The van der Waals surface area contributed by atoms with E-state index in [1.807, 2.05) is 31.2 Å². The Morgan fingerprint density at radius 1 is 1.17 bits per heavy atom. The Labute approximate surface area is 169 Å². The number of rotatable bonds is 5. The Morgan fingerprint density at radius 3 is 2.72 bits per heavy atom. The molecule has 4 rings (SSSR count). The van der Waals surface area contributed by atoms with Gasteiger partial charge in [0, 0.05) is 41.4 Å². The molecule has 3 aromatic rings. The number of hydrogen-bond acceptors (Lipinski definition) is 6. The SMILES string of the molecule is CONc1cc(C(=O)Nc2ccc3[nH]c(C)c(C)c3c2)nc(N2CCOCC2)c1. The molecule has 1 aliphatic heterocycles. The highest BCUT2D eigenvalue weighted by Crippen LogP contribution is 2.25. The number of pyridine rings is 1. The first-order valence-corrected chi connectivity index (χ1v) is 9.59. The van der Waals surface area contributed by atoms with Crippen molar-refractivity contribution >= 4 is 34.0 Å². The highest BCUT2D eigenvalue weighted by molar-refractivity contribution is 6.04. The highest BCUT2D eigenvalue weighted by Gasteiger charge is 2.17. The van der Waals surface area contributed by atoms with Crippen molar-refractivity contribution in [2.45, 2.75) is 13.8 Å². The molecule has 8 nitrogen and oxygen atoms in total. The van der Waals surface area contributed by atoms with E-state index in [9.17, 15) is 4.79 Å². The molecule has 0 spiro atoms. The molecule has 2 aromatic heterocycles. The van der Waals surface area contributed by atoms with Crippen molar-refractivity contribution in [2.75, 3.05) is 49.1 Å². The topological polar surface area (TPSA) is 91.5 Å². The summed E-state index contributed by atoms with van der Waals surface area (Å²) in [5.74, 6) is 0.441. The van der Waals surface area contributed by atoms with Crippen LogP contribution < -0.4 is 15.7 Å². The third-order valence-corrected chi connectivity index (χ3v) is 5.17. The number of fused-ring (bicyclic) bond motifs is 1. The molecule has 0 atom stereocenters.